The van der Waals surface area contributed by atoms with Gasteiger partial charge in [-0.15, -0.1) is 0 Å². The molecule has 2 aliphatic rings. The van der Waals surface area contributed by atoms with Crippen LogP contribution in [0.4, 0.5) is 16.2 Å². The summed E-state index contributed by atoms with van der Waals surface area (Å²) in [5, 5.41) is 1.27. The minimum atomic E-state index is -0.658. The van der Waals surface area contributed by atoms with Crippen molar-refractivity contribution in [2.24, 2.45) is 0 Å². The molecule has 2 atom stereocenters. The lowest BCUT2D eigenvalue weighted by Crippen LogP contribution is -2.56. The Morgan fingerprint density at radius 2 is 1.58 bits per heavy atom. The lowest BCUT2D eigenvalue weighted by molar-refractivity contribution is 0.0320. The van der Waals surface area contributed by atoms with Gasteiger partial charge >= 0.3 is 6.03 Å². The van der Waals surface area contributed by atoms with Gasteiger partial charge in [0.2, 0.25) is 0 Å². The highest BCUT2D eigenvalue weighted by atomic mass is 35.5. The number of carbonyl (C=O) groups is 1. The second-order valence-electron chi connectivity index (χ2n) is 8.09. The Balaban J connectivity index is 1.74. The van der Waals surface area contributed by atoms with E-state index in [4.69, 9.17) is 27.9 Å². The summed E-state index contributed by atoms with van der Waals surface area (Å²) in [6.45, 7) is 3.09. The zero-order valence-corrected chi connectivity index (χ0v) is 18.6. The van der Waals surface area contributed by atoms with Crippen LogP contribution < -0.4 is 9.80 Å². The molecular formula is C25H22Cl2N2O2. The fraction of sp³-hybridized carbons (Fsp3) is 0.240. The van der Waals surface area contributed by atoms with Crippen LogP contribution in [-0.4, -0.2) is 25.3 Å². The minimum absolute atomic E-state index is 0.0818. The van der Waals surface area contributed by atoms with Gasteiger partial charge < -0.3 is 4.74 Å². The summed E-state index contributed by atoms with van der Waals surface area (Å²) in [6.07, 6.45) is 0.729. The monoisotopic (exact) mass is 452 g/mol. The van der Waals surface area contributed by atoms with E-state index in [-0.39, 0.29) is 12.1 Å². The molecule has 6 heteroatoms. The molecule has 2 heterocycles. The summed E-state index contributed by atoms with van der Waals surface area (Å²) < 4.78 is 6.04. The minimum Gasteiger partial charge on any atom is -0.378 e. The lowest BCUT2D eigenvalue weighted by Gasteiger charge is -2.44. The van der Waals surface area contributed by atoms with Gasteiger partial charge in [0.15, 0.2) is 0 Å². The van der Waals surface area contributed by atoms with E-state index in [1.165, 1.54) is 0 Å². The van der Waals surface area contributed by atoms with E-state index in [2.05, 4.69) is 25.1 Å². The SMILES string of the molecule is Cc1cccc([C@@]23COCCC2N(c2ccc(Cl)cc2)C(=O)N3c2ccc(Cl)cc2)c1. The lowest BCUT2D eigenvalue weighted by atomic mass is 9.79. The first-order valence-corrected chi connectivity index (χ1v) is 11.1. The first-order valence-electron chi connectivity index (χ1n) is 10.3. The van der Waals surface area contributed by atoms with Gasteiger partial charge in [-0.05, 0) is 67.4 Å². The summed E-state index contributed by atoms with van der Waals surface area (Å²) in [5.41, 5.74) is 3.17. The van der Waals surface area contributed by atoms with Crippen molar-refractivity contribution in [3.05, 3.63) is 94.0 Å². The van der Waals surface area contributed by atoms with E-state index in [1.807, 2.05) is 64.4 Å². The third kappa shape index (κ3) is 3.30. The van der Waals surface area contributed by atoms with Crippen molar-refractivity contribution >= 4 is 40.6 Å². The molecule has 0 aliphatic carbocycles. The molecule has 0 saturated carbocycles. The predicted molar refractivity (Wildman–Crippen MR) is 125 cm³/mol. The molecule has 3 aromatic carbocycles. The number of ether oxygens (including phenoxy) is 1. The molecule has 2 fully saturated rings. The maximum atomic E-state index is 14.0. The van der Waals surface area contributed by atoms with Gasteiger partial charge in [0, 0.05) is 28.0 Å². The van der Waals surface area contributed by atoms with Crippen molar-refractivity contribution in [3.8, 4) is 0 Å². The number of hydrogen-bond acceptors (Lipinski definition) is 2. The van der Waals surface area contributed by atoms with Crippen molar-refractivity contribution in [2.75, 3.05) is 23.0 Å². The molecule has 4 nitrogen and oxygen atoms in total. The van der Waals surface area contributed by atoms with Crippen LogP contribution in [0.15, 0.2) is 72.8 Å². The first kappa shape index (κ1) is 20.4. The smallest absolute Gasteiger partial charge is 0.330 e. The van der Waals surface area contributed by atoms with Crippen molar-refractivity contribution in [3.63, 3.8) is 0 Å². The zero-order valence-electron chi connectivity index (χ0n) is 17.1. The largest absolute Gasteiger partial charge is 0.378 e. The number of benzene rings is 3. The highest BCUT2D eigenvalue weighted by Gasteiger charge is 2.60. The summed E-state index contributed by atoms with van der Waals surface area (Å²) in [4.78, 5) is 17.8. The summed E-state index contributed by atoms with van der Waals surface area (Å²) in [5.74, 6) is 0. The number of hydrogen-bond donors (Lipinski definition) is 0. The Labute approximate surface area is 191 Å². The Hall–Kier alpha value is -2.53. The van der Waals surface area contributed by atoms with Crippen molar-refractivity contribution in [1.29, 1.82) is 0 Å². The molecule has 158 valence electrons. The first-order chi connectivity index (χ1) is 15.0. The number of aryl methyl sites for hydroxylation is 1. The molecule has 2 amide bonds. The topological polar surface area (TPSA) is 32.8 Å². The maximum absolute atomic E-state index is 14.0. The van der Waals surface area contributed by atoms with Crippen LogP contribution in [0.3, 0.4) is 0 Å². The van der Waals surface area contributed by atoms with Crippen LogP contribution in [0.5, 0.6) is 0 Å². The van der Waals surface area contributed by atoms with Gasteiger partial charge in [-0.25, -0.2) is 4.79 Å². The Morgan fingerprint density at radius 3 is 2.23 bits per heavy atom. The van der Waals surface area contributed by atoms with Gasteiger partial charge in [-0.2, -0.15) is 0 Å². The number of halogens is 2. The molecular weight excluding hydrogens is 431 g/mol. The number of urea groups is 1. The quantitative estimate of drug-likeness (QED) is 0.458. The summed E-state index contributed by atoms with van der Waals surface area (Å²) in [6, 6.07) is 23.1. The highest BCUT2D eigenvalue weighted by Crippen LogP contribution is 2.49. The number of rotatable bonds is 3. The number of nitrogens with zero attached hydrogens (tertiary/aromatic N) is 2. The number of anilines is 2. The molecule has 2 aliphatic heterocycles. The van der Waals surface area contributed by atoms with Crippen LogP contribution in [0.25, 0.3) is 0 Å². The molecule has 0 aromatic heterocycles. The molecule has 5 rings (SSSR count). The Bertz CT molecular complexity index is 1120. The van der Waals surface area contributed by atoms with Gasteiger partial charge in [0.05, 0.1) is 12.6 Å². The van der Waals surface area contributed by atoms with Gasteiger partial charge in [0.1, 0.15) is 5.54 Å². The van der Waals surface area contributed by atoms with Crippen molar-refractivity contribution in [2.45, 2.75) is 24.9 Å². The molecule has 0 N–H and O–H groups in total. The van der Waals surface area contributed by atoms with Gasteiger partial charge in [0.25, 0.3) is 0 Å². The molecule has 0 radical (unpaired) electrons. The Morgan fingerprint density at radius 1 is 0.935 bits per heavy atom. The third-order valence-electron chi connectivity index (χ3n) is 6.22. The molecule has 0 bridgehead atoms. The van der Waals surface area contributed by atoms with E-state index in [9.17, 15) is 4.79 Å². The van der Waals surface area contributed by atoms with Gasteiger partial charge in [-0.1, -0.05) is 53.0 Å². The number of fused-ring (bicyclic) bond motifs is 1. The molecule has 2 saturated heterocycles. The average Bonchev–Trinajstić information content (AvgIpc) is 3.04. The zero-order chi connectivity index (χ0) is 21.6. The van der Waals surface area contributed by atoms with E-state index in [1.54, 1.807) is 0 Å². The number of amides is 2. The van der Waals surface area contributed by atoms with E-state index in [0.717, 1.165) is 28.9 Å². The van der Waals surface area contributed by atoms with E-state index in [0.29, 0.717) is 23.3 Å². The third-order valence-corrected chi connectivity index (χ3v) is 6.73. The fourth-order valence-electron chi connectivity index (χ4n) is 4.87. The van der Waals surface area contributed by atoms with Crippen LogP contribution in [-0.2, 0) is 10.3 Å². The van der Waals surface area contributed by atoms with Gasteiger partial charge in [-0.3, -0.25) is 9.80 Å². The second kappa shape index (κ2) is 7.86. The average molecular weight is 453 g/mol. The molecule has 0 spiro atoms. The molecule has 1 unspecified atom stereocenters. The summed E-state index contributed by atoms with van der Waals surface area (Å²) >= 11 is 12.3. The normalized spacial score (nSPS) is 23.2. The summed E-state index contributed by atoms with van der Waals surface area (Å²) in [7, 11) is 0. The molecule has 31 heavy (non-hydrogen) atoms. The van der Waals surface area contributed by atoms with Crippen molar-refractivity contribution < 1.29 is 9.53 Å². The van der Waals surface area contributed by atoms with Crippen LogP contribution in [0.2, 0.25) is 10.0 Å². The second-order valence-corrected chi connectivity index (χ2v) is 8.96. The maximum Gasteiger partial charge on any atom is 0.330 e. The van der Waals surface area contributed by atoms with Crippen LogP contribution in [0, 0.1) is 6.92 Å². The molecule has 3 aromatic rings. The standard InChI is InChI=1S/C25H22Cl2N2O2/c1-17-3-2-4-18(15-17)25-16-31-14-13-23(25)28(21-9-5-19(26)6-10-21)24(30)29(25)22-11-7-20(27)8-12-22/h2-12,15,23H,13-14,16H2,1H3/t23?,25-/m0/s1. The van der Waals surface area contributed by atoms with E-state index >= 15 is 0 Å². The van der Waals surface area contributed by atoms with E-state index < -0.39 is 5.54 Å². The fourth-order valence-corrected chi connectivity index (χ4v) is 5.12. The highest BCUT2D eigenvalue weighted by molar-refractivity contribution is 6.31. The van der Waals surface area contributed by atoms with Crippen LogP contribution >= 0.6 is 23.2 Å². The van der Waals surface area contributed by atoms with Crippen molar-refractivity contribution in [1.82, 2.24) is 0 Å². The Kier molecular flexibility index (Phi) is 5.17. The van der Waals surface area contributed by atoms with Crippen LogP contribution in [0.1, 0.15) is 17.5 Å². The number of carbonyl (C=O) groups excluding carboxylic acids is 1. The predicted octanol–water partition coefficient (Wildman–Crippen LogP) is 6.43.